The van der Waals surface area contributed by atoms with Crippen LogP contribution in [-0.2, 0) is 0 Å². The van der Waals surface area contributed by atoms with E-state index in [2.05, 4.69) is 22.7 Å². The van der Waals surface area contributed by atoms with Crippen LogP contribution in [-0.4, -0.2) is 10.8 Å². The van der Waals surface area contributed by atoms with Gasteiger partial charge in [-0.25, -0.2) is 0 Å². The summed E-state index contributed by atoms with van der Waals surface area (Å²) >= 11 is 5.96. The minimum atomic E-state index is 0.148. The molecule has 0 radical (unpaired) electrons. The molecule has 1 unspecified atom stereocenters. The summed E-state index contributed by atoms with van der Waals surface area (Å²) in [7, 11) is 0. The SMILES string of the molecule is Oc1ccc(Cl)cc1C1=NNC(c2ccccc2)C1. The molecule has 0 bridgehead atoms. The fourth-order valence-electron chi connectivity index (χ4n) is 2.23. The zero-order valence-corrected chi connectivity index (χ0v) is 10.9. The molecule has 96 valence electrons. The maximum Gasteiger partial charge on any atom is 0.124 e. The Hall–Kier alpha value is -2.00. The lowest BCUT2D eigenvalue weighted by atomic mass is 9.99. The number of nitrogens with zero attached hydrogens (tertiary/aromatic N) is 1. The van der Waals surface area contributed by atoms with E-state index in [-0.39, 0.29) is 11.8 Å². The molecule has 1 aliphatic rings. The van der Waals surface area contributed by atoms with Crippen LogP contribution in [0.15, 0.2) is 53.6 Å². The Bertz CT molecular complexity index is 625. The smallest absolute Gasteiger partial charge is 0.124 e. The minimum absolute atomic E-state index is 0.148. The molecule has 0 aliphatic carbocycles. The minimum Gasteiger partial charge on any atom is -0.507 e. The number of phenolic OH excluding ortho intramolecular Hbond substituents is 1. The Kier molecular flexibility index (Phi) is 3.13. The zero-order valence-electron chi connectivity index (χ0n) is 10.2. The molecule has 3 rings (SSSR count). The highest BCUT2D eigenvalue weighted by Crippen LogP contribution is 2.29. The molecule has 4 heteroatoms. The Balaban J connectivity index is 1.84. The Morgan fingerprint density at radius 2 is 1.95 bits per heavy atom. The van der Waals surface area contributed by atoms with Crippen molar-refractivity contribution in [2.24, 2.45) is 5.10 Å². The van der Waals surface area contributed by atoms with Crippen molar-refractivity contribution in [3.05, 3.63) is 64.7 Å². The van der Waals surface area contributed by atoms with Crippen molar-refractivity contribution in [1.82, 2.24) is 5.43 Å². The van der Waals surface area contributed by atoms with Gasteiger partial charge in [0, 0.05) is 17.0 Å². The Morgan fingerprint density at radius 1 is 1.16 bits per heavy atom. The topological polar surface area (TPSA) is 44.6 Å². The second-order valence-electron chi connectivity index (χ2n) is 4.52. The highest BCUT2D eigenvalue weighted by atomic mass is 35.5. The van der Waals surface area contributed by atoms with Crippen LogP contribution in [0, 0.1) is 0 Å². The third-order valence-electron chi connectivity index (χ3n) is 3.22. The van der Waals surface area contributed by atoms with Gasteiger partial charge in [0.05, 0.1) is 11.8 Å². The fraction of sp³-hybridized carbons (Fsp3) is 0.133. The van der Waals surface area contributed by atoms with Crippen molar-refractivity contribution >= 4 is 17.3 Å². The van der Waals surface area contributed by atoms with Crippen LogP contribution in [0.1, 0.15) is 23.6 Å². The van der Waals surface area contributed by atoms with E-state index in [1.807, 2.05) is 18.2 Å². The third-order valence-corrected chi connectivity index (χ3v) is 3.46. The van der Waals surface area contributed by atoms with E-state index in [4.69, 9.17) is 11.6 Å². The van der Waals surface area contributed by atoms with Gasteiger partial charge in [0.15, 0.2) is 0 Å². The predicted molar refractivity (Wildman–Crippen MR) is 76.6 cm³/mol. The molecule has 3 nitrogen and oxygen atoms in total. The summed E-state index contributed by atoms with van der Waals surface area (Å²) < 4.78 is 0. The first kappa shape index (κ1) is 12.1. The molecule has 1 atom stereocenters. The maximum absolute atomic E-state index is 9.88. The standard InChI is InChI=1S/C15H13ClN2O/c16-11-6-7-15(19)12(8-11)14-9-13(17-18-14)10-4-2-1-3-5-10/h1-8,13,17,19H,9H2. The summed E-state index contributed by atoms with van der Waals surface area (Å²) in [6, 6.07) is 15.3. The zero-order chi connectivity index (χ0) is 13.2. The molecule has 1 heterocycles. The predicted octanol–water partition coefficient (Wildman–Crippen LogP) is 3.48. The molecule has 0 saturated heterocycles. The highest BCUT2D eigenvalue weighted by Gasteiger charge is 2.22. The van der Waals surface area contributed by atoms with Crippen molar-refractivity contribution in [1.29, 1.82) is 0 Å². The van der Waals surface area contributed by atoms with E-state index in [1.165, 1.54) is 5.56 Å². The molecule has 19 heavy (non-hydrogen) atoms. The molecule has 0 amide bonds. The summed E-state index contributed by atoms with van der Waals surface area (Å²) in [4.78, 5) is 0. The Labute approximate surface area is 116 Å². The van der Waals surface area contributed by atoms with Gasteiger partial charge in [0.1, 0.15) is 5.75 Å². The second-order valence-corrected chi connectivity index (χ2v) is 4.95. The fourth-order valence-corrected chi connectivity index (χ4v) is 2.40. The Morgan fingerprint density at radius 3 is 2.74 bits per heavy atom. The molecule has 1 aliphatic heterocycles. The number of phenols is 1. The molecule has 2 aromatic rings. The maximum atomic E-state index is 9.88. The number of hydrazone groups is 1. The van der Waals surface area contributed by atoms with E-state index < -0.39 is 0 Å². The normalized spacial score (nSPS) is 17.9. The first-order chi connectivity index (χ1) is 9.24. The van der Waals surface area contributed by atoms with Gasteiger partial charge in [0.25, 0.3) is 0 Å². The average Bonchev–Trinajstić information content (AvgIpc) is 2.92. The first-order valence-corrected chi connectivity index (χ1v) is 6.48. The second kappa shape index (κ2) is 4.94. The van der Waals surface area contributed by atoms with E-state index in [0.717, 1.165) is 12.1 Å². The molecule has 0 fully saturated rings. The van der Waals surface area contributed by atoms with E-state index in [1.54, 1.807) is 18.2 Å². The average molecular weight is 273 g/mol. The largest absolute Gasteiger partial charge is 0.507 e. The third kappa shape index (κ3) is 2.42. The van der Waals surface area contributed by atoms with Gasteiger partial charge in [-0.2, -0.15) is 5.10 Å². The van der Waals surface area contributed by atoms with Crippen molar-refractivity contribution in [2.45, 2.75) is 12.5 Å². The van der Waals surface area contributed by atoms with E-state index in [0.29, 0.717) is 10.6 Å². The number of hydrogen-bond acceptors (Lipinski definition) is 3. The molecule has 0 saturated carbocycles. The van der Waals surface area contributed by atoms with Crippen LogP contribution in [0.3, 0.4) is 0 Å². The summed E-state index contributed by atoms with van der Waals surface area (Å²) in [6.07, 6.45) is 0.734. The molecule has 2 N–H and O–H groups in total. The molecular weight excluding hydrogens is 260 g/mol. The monoisotopic (exact) mass is 272 g/mol. The van der Waals surface area contributed by atoms with Gasteiger partial charge < -0.3 is 10.5 Å². The number of hydrogen-bond donors (Lipinski definition) is 2. The van der Waals surface area contributed by atoms with Crippen molar-refractivity contribution < 1.29 is 5.11 Å². The molecule has 2 aromatic carbocycles. The molecule has 0 aromatic heterocycles. The van der Waals surface area contributed by atoms with Gasteiger partial charge in [-0.15, -0.1) is 0 Å². The lowest BCUT2D eigenvalue weighted by molar-refractivity contribution is 0.474. The number of rotatable bonds is 2. The first-order valence-electron chi connectivity index (χ1n) is 6.10. The quantitative estimate of drug-likeness (QED) is 0.879. The van der Waals surface area contributed by atoms with Gasteiger partial charge in [0.2, 0.25) is 0 Å². The van der Waals surface area contributed by atoms with Gasteiger partial charge in [-0.05, 0) is 23.8 Å². The number of nitrogens with one attached hydrogen (secondary N) is 1. The van der Waals surface area contributed by atoms with Crippen LogP contribution in [0.25, 0.3) is 0 Å². The van der Waals surface area contributed by atoms with Crippen LogP contribution >= 0.6 is 11.6 Å². The van der Waals surface area contributed by atoms with Crippen molar-refractivity contribution in [3.63, 3.8) is 0 Å². The number of aromatic hydroxyl groups is 1. The number of benzene rings is 2. The lowest BCUT2D eigenvalue weighted by Gasteiger charge is -2.09. The van der Waals surface area contributed by atoms with Crippen LogP contribution in [0.4, 0.5) is 0 Å². The van der Waals surface area contributed by atoms with E-state index >= 15 is 0 Å². The van der Waals surface area contributed by atoms with Crippen LogP contribution in [0.2, 0.25) is 5.02 Å². The summed E-state index contributed by atoms with van der Waals surface area (Å²) in [5.74, 6) is 0.207. The lowest BCUT2D eigenvalue weighted by Crippen LogP contribution is -2.09. The van der Waals surface area contributed by atoms with Gasteiger partial charge in [-0.1, -0.05) is 41.9 Å². The van der Waals surface area contributed by atoms with Crippen LogP contribution in [0.5, 0.6) is 5.75 Å². The van der Waals surface area contributed by atoms with Gasteiger partial charge in [-0.3, -0.25) is 0 Å². The van der Waals surface area contributed by atoms with E-state index in [9.17, 15) is 5.11 Å². The van der Waals surface area contributed by atoms with Crippen molar-refractivity contribution in [3.8, 4) is 5.75 Å². The van der Waals surface area contributed by atoms with Gasteiger partial charge >= 0.3 is 0 Å². The van der Waals surface area contributed by atoms with Crippen molar-refractivity contribution in [2.75, 3.05) is 0 Å². The molecule has 0 spiro atoms. The molecular formula is C15H13ClN2O. The van der Waals surface area contributed by atoms with Crippen LogP contribution < -0.4 is 5.43 Å². The summed E-state index contributed by atoms with van der Waals surface area (Å²) in [6.45, 7) is 0. The summed E-state index contributed by atoms with van der Waals surface area (Å²) in [5, 5.41) is 14.8. The summed E-state index contributed by atoms with van der Waals surface area (Å²) in [5.41, 5.74) is 5.81. The number of halogens is 1. The highest BCUT2D eigenvalue weighted by molar-refractivity contribution is 6.31.